The van der Waals surface area contributed by atoms with Crippen molar-refractivity contribution in [2.75, 3.05) is 12.3 Å². The standard InChI is InChI=1S/C10H14ClFN5O12P3/c11-10-15-7(13)5-8(16-10)17(2-14-5)9-4(12)6(18)3(27-9)1-26-31(22,23)29-32(24,25)28-30(19,20)21/h2-4,6,9,18H,1H2,(H,22,23)(H,24,25)(H2,13,15,16)(H2,19,20,21)/t3-,4-,6-,9-/m1/s1. The summed E-state index contributed by atoms with van der Waals surface area (Å²) >= 11 is 5.72. The van der Waals surface area contributed by atoms with E-state index in [0.29, 0.717) is 0 Å². The van der Waals surface area contributed by atoms with Gasteiger partial charge in [-0.1, -0.05) is 0 Å². The Hall–Kier alpha value is -1.10. The number of ether oxygens (including phenoxy) is 1. The van der Waals surface area contributed by atoms with Gasteiger partial charge in [-0.05, 0) is 11.6 Å². The monoisotopic (exact) mass is 543 g/mol. The molecule has 2 aromatic heterocycles. The highest BCUT2D eigenvalue weighted by Crippen LogP contribution is 2.66. The molecule has 180 valence electrons. The first-order chi connectivity index (χ1) is 14.6. The van der Waals surface area contributed by atoms with Crippen LogP contribution in [-0.2, 0) is 31.6 Å². The number of halogens is 2. The van der Waals surface area contributed by atoms with Crippen LogP contribution < -0.4 is 5.73 Å². The molecular formula is C10H14ClFN5O12P3. The van der Waals surface area contributed by atoms with E-state index in [1.54, 1.807) is 0 Å². The largest absolute Gasteiger partial charge is 0.490 e. The van der Waals surface area contributed by atoms with Gasteiger partial charge in [-0.3, -0.25) is 9.09 Å². The molecule has 7 N–H and O–H groups in total. The lowest BCUT2D eigenvalue weighted by atomic mass is 10.1. The fourth-order valence-corrected chi connectivity index (χ4v) is 5.83. The molecule has 0 amide bonds. The Kier molecular flexibility index (Phi) is 7.12. The van der Waals surface area contributed by atoms with Crippen molar-refractivity contribution in [2.45, 2.75) is 24.6 Å². The van der Waals surface area contributed by atoms with E-state index in [-0.39, 0.29) is 22.3 Å². The van der Waals surface area contributed by atoms with Gasteiger partial charge in [0.05, 0.1) is 12.9 Å². The number of anilines is 1. The van der Waals surface area contributed by atoms with Crippen LogP contribution in [0, 0.1) is 0 Å². The number of phosphoric acid groups is 3. The lowest BCUT2D eigenvalue weighted by Gasteiger charge is -2.19. The minimum absolute atomic E-state index is 0.0455. The second kappa shape index (κ2) is 8.92. The molecule has 17 nitrogen and oxygen atoms in total. The molecule has 2 aromatic rings. The molecule has 0 spiro atoms. The third-order valence-electron chi connectivity index (χ3n) is 3.81. The second-order valence-electron chi connectivity index (χ2n) is 6.09. The summed E-state index contributed by atoms with van der Waals surface area (Å²) in [6.45, 7) is -1.06. The van der Waals surface area contributed by atoms with Crippen molar-refractivity contribution < 1.29 is 60.6 Å². The highest BCUT2D eigenvalue weighted by Gasteiger charge is 2.48. The van der Waals surface area contributed by atoms with Gasteiger partial charge in [0.25, 0.3) is 0 Å². The number of nitrogens with zero attached hydrogens (tertiary/aromatic N) is 4. The maximum Gasteiger partial charge on any atom is 0.490 e. The molecule has 1 fully saturated rings. The Balaban J connectivity index is 1.72. The summed E-state index contributed by atoms with van der Waals surface area (Å²) in [7, 11) is -16.8. The van der Waals surface area contributed by atoms with E-state index < -0.39 is 54.7 Å². The number of nitrogens with two attached hydrogens (primary N) is 1. The van der Waals surface area contributed by atoms with Crippen molar-refractivity contribution in [3.05, 3.63) is 11.6 Å². The zero-order chi connectivity index (χ0) is 24.1. The maximum atomic E-state index is 14.7. The second-order valence-corrected chi connectivity index (χ2v) is 10.8. The Morgan fingerprint density at radius 1 is 1.19 bits per heavy atom. The number of aliphatic hydroxyl groups is 1. The highest BCUT2D eigenvalue weighted by molar-refractivity contribution is 7.66. The molecule has 22 heteroatoms. The molecule has 0 aliphatic carbocycles. The number of aliphatic hydroxyl groups excluding tert-OH is 1. The van der Waals surface area contributed by atoms with Crippen LogP contribution in [-0.4, -0.2) is 69.2 Å². The predicted molar refractivity (Wildman–Crippen MR) is 99.4 cm³/mol. The number of fused-ring (bicyclic) bond motifs is 1. The number of aromatic nitrogens is 4. The molecular weight excluding hydrogens is 530 g/mol. The molecule has 0 saturated carbocycles. The summed E-state index contributed by atoms with van der Waals surface area (Å²) in [5, 5.41) is 9.77. The first-order valence-corrected chi connectivity index (χ1v) is 12.9. The highest BCUT2D eigenvalue weighted by atomic mass is 35.5. The van der Waals surface area contributed by atoms with Gasteiger partial charge in [0.2, 0.25) is 5.28 Å². The summed E-state index contributed by atoms with van der Waals surface area (Å²) in [5.74, 6) is -0.114. The zero-order valence-corrected chi connectivity index (χ0v) is 18.6. The molecule has 2 unspecified atom stereocenters. The number of alkyl halides is 1. The van der Waals surface area contributed by atoms with Gasteiger partial charge in [-0.15, -0.1) is 0 Å². The van der Waals surface area contributed by atoms with Crippen molar-refractivity contribution in [2.24, 2.45) is 0 Å². The number of imidazole rings is 1. The van der Waals surface area contributed by atoms with E-state index in [4.69, 9.17) is 36.8 Å². The summed E-state index contributed by atoms with van der Waals surface area (Å²) in [6, 6.07) is 0. The van der Waals surface area contributed by atoms with Gasteiger partial charge < -0.3 is 35.2 Å². The van der Waals surface area contributed by atoms with Crippen LogP contribution in [0.25, 0.3) is 11.2 Å². The molecule has 32 heavy (non-hydrogen) atoms. The fourth-order valence-electron chi connectivity index (χ4n) is 2.63. The molecule has 0 aromatic carbocycles. The molecule has 0 radical (unpaired) electrons. The molecule has 3 heterocycles. The minimum atomic E-state index is -5.74. The lowest BCUT2D eigenvalue weighted by molar-refractivity contribution is -0.0450. The van der Waals surface area contributed by atoms with Gasteiger partial charge in [0.15, 0.2) is 23.9 Å². The number of hydrogen-bond acceptors (Lipinski definition) is 12. The molecule has 1 saturated heterocycles. The number of nitrogen functional groups attached to an aromatic ring is 1. The first kappa shape index (κ1) is 25.5. The number of phosphoric ester groups is 1. The number of hydrogen-bond donors (Lipinski definition) is 6. The SMILES string of the molecule is Nc1nc(Cl)nc2c1ncn2[C@@H]1O[C@H](COP(=O)(O)OP(=O)(O)OP(=O)(O)O)[C@@H](O)[C@H]1F. The smallest absolute Gasteiger partial charge is 0.387 e. The molecule has 6 atom stereocenters. The molecule has 0 bridgehead atoms. The average molecular weight is 544 g/mol. The van der Waals surface area contributed by atoms with Gasteiger partial charge in [0, 0.05) is 0 Å². The van der Waals surface area contributed by atoms with Crippen molar-refractivity contribution in [1.82, 2.24) is 19.5 Å². The van der Waals surface area contributed by atoms with Crippen LogP contribution in [0.5, 0.6) is 0 Å². The van der Waals surface area contributed by atoms with E-state index in [9.17, 15) is 28.1 Å². The Labute approximate surface area is 181 Å². The average Bonchev–Trinajstić information content (AvgIpc) is 3.12. The summed E-state index contributed by atoms with van der Waals surface area (Å²) in [5.41, 5.74) is 5.66. The minimum Gasteiger partial charge on any atom is -0.387 e. The normalized spacial score (nSPS) is 28.0. The topological polar surface area (TPSA) is 259 Å². The van der Waals surface area contributed by atoms with Gasteiger partial charge in [-0.2, -0.15) is 18.6 Å². The fraction of sp³-hybridized carbons (Fsp3) is 0.500. The third kappa shape index (κ3) is 5.87. The van der Waals surface area contributed by atoms with Crippen LogP contribution in [0.3, 0.4) is 0 Å². The Morgan fingerprint density at radius 3 is 2.47 bits per heavy atom. The van der Waals surface area contributed by atoms with Crippen LogP contribution >= 0.6 is 35.1 Å². The summed E-state index contributed by atoms with van der Waals surface area (Å²) in [6.07, 6.45) is -6.20. The number of rotatable bonds is 8. The Morgan fingerprint density at radius 2 is 1.84 bits per heavy atom. The van der Waals surface area contributed by atoms with Crippen LogP contribution in [0.4, 0.5) is 10.2 Å². The maximum absolute atomic E-state index is 14.7. The lowest BCUT2D eigenvalue weighted by Crippen LogP contribution is -2.31. The zero-order valence-electron chi connectivity index (χ0n) is 15.2. The first-order valence-electron chi connectivity index (χ1n) is 8.00. The van der Waals surface area contributed by atoms with Crippen molar-refractivity contribution in [1.29, 1.82) is 0 Å². The molecule has 1 aliphatic rings. The summed E-state index contributed by atoms with van der Waals surface area (Å²) < 4.78 is 66.1. The van der Waals surface area contributed by atoms with Crippen LogP contribution in [0.15, 0.2) is 6.33 Å². The van der Waals surface area contributed by atoms with E-state index in [2.05, 4.69) is 28.1 Å². The summed E-state index contributed by atoms with van der Waals surface area (Å²) in [4.78, 5) is 47.0. The van der Waals surface area contributed by atoms with Crippen molar-refractivity contribution >= 4 is 52.1 Å². The van der Waals surface area contributed by atoms with Gasteiger partial charge in [0.1, 0.15) is 17.7 Å². The molecule has 3 rings (SSSR count). The molecule has 1 aliphatic heterocycles. The van der Waals surface area contributed by atoms with E-state index in [0.717, 1.165) is 10.9 Å². The van der Waals surface area contributed by atoms with Crippen molar-refractivity contribution in [3.8, 4) is 0 Å². The van der Waals surface area contributed by atoms with Gasteiger partial charge >= 0.3 is 23.5 Å². The quantitative estimate of drug-likeness (QED) is 0.189. The van der Waals surface area contributed by atoms with Gasteiger partial charge in [-0.25, -0.2) is 23.1 Å². The van der Waals surface area contributed by atoms with E-state index >= 15 is 0 Å². The Bertz CT molecular complexity index is 1160. The van der Waals surface area contributed by atoms with E-state index in [1.807, 2.05) is 0 Å². The third-order valence-corrected chi connectivity index (χ3v) is 7.78. The van der Waals surface area contributed by atoms with Crippen LogP contribution in [0.1, 0.15) is 6.23 Å². The predicted octanol–water partition coefficient (Wildman–Crippen LogP) is 0.00160. The van der Waals surface area contributed by atoms with Crippen LogP contribution in [0.2, 0.25) is 5.28 Å². The van der Waals surface area contributed by atoms with E-state index in [1.165, 1.54) is 0 Å². The van der Waals surface area contributed by atoms with Crippen molar-refractivity contribution in [3.63, 3.8) is 0 Å².